The smallest absolute Gasteiger partial charge is 0.240 e. The highest BCUT2D eigenvalue weighted by molar-refractivity contribution is 6.24. The maximum atomic E-state index is 12.8. The van der Waals surface area contributed by atoms with Gasteiger partial charge in [-0.25, -0.2) is 4.90 Å². The van der Waals surface area contributed by atoms with Crippen molar-refractivity contribution in [1.29, 1.82) is 0 Å². The Balaban J connectivity index is 1.74. The molecule has 0 radical (unpaired) electrons. The number of amides is 3. The molecule has 3 aliphatic heterocycles. The Morgan fingerprint density at radius 3 is 2.22 bits per heavy atom. The first-order valence-corrected chi connectivity index (χ1v) is 7.51. The molecule has 6 heteroatoms. The Morgan fingerprint density at radius 1 is 0.913 bits per heavy atom. The molecule has 0 unspecified atom stereocenters. The number of rotatable bonds is 2. The number of anilines is 1. The number of carbonyl (C=O) groups is 3. The molecular weight excluding hydrogens is 296 g/mol. The lowest BCUT2D eigenvalue weighted by Crippen LogP contribution is -2.57. The number of nitrogens with zero attached hydrogens (tertiary/aromatic N) is 2. The lowest BCUT2D eigenvalue weighted by atomic mass is 9.70. The minimum absolute atomic E-state index is 0.0866. The van der Waals surface area contributed by atoms with E-state index in [0.717, 1.165) is 0 Å². The number of carbonyl (C=O) groups excluding carboxylic acids is 3. The van der Waals surface area contributed by atoms with Gasteiger partial charge in [-0.05, 0) is 24.3 Å². The van der Waals surface area contributed by atoms with E-state index in [1.807, 2.05) is 6.08 Å². The summed E-state index contributed by atoms with van der Waals surface area (Å²) in [5.41, 5.74) is 0.518. The molecule has 1 aromatic rings. The molecular formula is C17H16N2O4. The van der Waals surface area contributed by atoms with E-state index in [1.54, 1.807) is 49.4 Å². The van der Waals surface area contributed by atoms with Crippen LogP contribution in [0.1, 0.15) is 0 Å². The van der Waals surface area contributed by atoms with Crippen molar-refractivity contribution < 1.29 is 19.1 Å². The van der Waals surface area contributed by atoms with E-state index in [2.05, 4.69) is 0 Å². The number of benzene rings is 1. The van der Waals surface area contributed by atoms with Gasteiger partial charge in [0.05, 0.1) is 36.6 Å². The standard InChI is InChI=1S/C17H16N2O4/c1-18-12-8-7-11(15(18)20)13-14(12)17(22)19(16(13)21)9-3-5-10(23-2)6-4-9/h3-8,11-14H,1-2H3/t11-,12-,13-,14+/m0/s1. The van der Waals surface area contributed by atoms with Crippen LogP contribution in [-0.2, 0) is 14.4 Å². The number of imide groups is 1. The SMILES string of the molecule is COc1ccc(N2C(=O)[C@@H]3[C@H](C2=O)[C@@H]2C=C[C@@H]3C(=O)N2C)cc1. The van der Waals surface area contributed by atoms with Crippen molar-refractivity contribution in [3.05, 3.63) is 36.4 Å². The fourth-order valence-electron chi connectivity index (χ4n) is 3.90. The van der Waals surface area contributed by atoms with Crippen LogP contribution in [0.5, 0.6) is 5.75 Å². The number of fused-ring (bicyclic) bond motifs is 1. The number of piperidine rings is 1. The van der Waals surface area contributed by atoms with E-state index in [9.17, 15) is 14.4 Å². The van der Waals surface area contributed by atoms with Crippen LogP contribution in [-0.4, -0.2) is 42.8 Å². The summed E-state index contributed by atoms with van der Waals surface area (Å²) in [6.45, 7) is 0. The van der Waals surface area contributed by atoms with Gasteiger partial charge in [0.25, 0.3) is 0 Å². The second-order valence-electron chi connectivity index (χ2n) is 6.11. The van der Waals surface area contributed by atoms with Gasteiger partial charge in [0, 0.05) is 7.05 Å². The van der Waals surface area contributed by atoms with E-state index >= 15 is 0 Å². The van der Waals surface area contributed by atoms with E-state index in [1.165, 1.54) is 4.90 Å². The molecule has 2 bridgehead atoms. The van der Waals surface area contributed by atoms with Gasteiger partial charge in [-0.1, -0.05) is 12.2 Å². The highest BCUT2D eigenvalue weighted by atomic mass is 16.5. The summed E-state index contributed by atoms with van der Waals surface area (Å²) in [7, 11) is 3.24. The van der Waals surface area contributed by atoms with Gasteiger partial charge >= 0.3 is 0 Å². The minimum Gasteiger partial charge on any atom is -0.497 e. The molecule has 3 amide bonds. The van der Waals surface area contributed by atoms with Gasteiger partial charge in [0.15, 0.2) is 0 Å². The molecule has 0 spiro atoms. The third-order valence-corrected chi connectivity index (χ3v) is 5.08. The van der Waals surface area contributed by atoms with Crippen LogP contribution in [0.3, 0.4) is 0 Å². The molecule has 1 aromatic carbocycles. The van der Waals surface area contributed by atoms with E-state index in [0.29, 0.717) is 11.4 Å². The van der Waals surface area contributed by atoms with Crippen molar-refractivity contribution in [2.45, 2.75) is 6.04 Å². The maximum Gasteiger partial charge on any atom is 0.240 e. The predicted molar refractivity (Wildman–Crippen MR) is 81.7 cm³/mol. The summed E-state index contributed by atoms with van der Waals surface area (Å²) in [6, 6.07) is 6.46. The van der Waals surface area contributed by atoms with E-state index in [-0.39, 0.29) is 23.8 Å². The van der Waals surface area contributed by atoms with Crippen molar-refractivity contribution >= 4 is 23.4 Å². The van der Waals surface area contributed by atoms with Gasteiger partial charge in [0.2, 0.25) is 17.7 Å². The predicted octanol–water partition coefficient (Wildman–Crippen LogP) is 0.827. The Morgan fingerprint density at radius 2 is 1.57 bits per heavy atom. The van der Waals surface area contributed by atoms with Crippen LogP contribution in [0.15, 0.2) is 36.4 Å². The lowest BCUT2D eigenvalue weighted by molar-refractivity contribution is -0.148. The van der Waals surface area contributed by atoms with Crippen molar-refractivity contribution in [3.63, 3.8) is 0 Å². The van der Waals surface area contributed by atoms with Crippen molar-refractivity contribution in [2.24, 2.45) is 17.8 Å². The molecule has 4 atom stereocenters. The number of hydrogen-bond acceptors (Lipinski definition) is 4. The number of likely N-dealkylation sites (N-methyl/N-ethyl adjacent to an activating group) is 1. The number of ether oxygens (including phenoxy) is 1. The monoisotopic (exact) mass is 312 g/mol. The van der Waals surface area contributed by atoms with Gasteiger partial charge in [-0.3, -0.25) is 14.4 Å². The van der Waals surface area contributed by atoms with Crippen LogP contribution in [0.4, 0.5) is 5.69 Å². The van der Waals surface area contributed by atoms with Crippen LogP contribution in [0.25, 0.3) is 0 Å². The average Bonchev–Trinajstić information content (AvgIpc) is 2.84. The quantitative estimate of drug-likeness (QED) is 0.599. The Hall–Kier alpha value is -2.63. The summed E-state index contributed by atoms with van der Waals surface area (Å²) >= 11 is 0. The number of hydrogen-bond donors (Lipinski definition) is 0. The molecule has 118 valence electrons. The molecule has 0 N–H and O–H groups in total. The van der Waals surface area contributed by atoms with Crippen molar-refractivity contribution in [1.82, 2.24) is 4.90 Å². The molecule has 2 saturated heterocycles. The van der Waals surface area contributed by atoms with Crippen molar-refractivity contribution in [3.8, 4) is 5.75 Å². The molecule has 23 heavy (non-hydrogen) atoms. The summed E-state index contributed by atoms with van der Waals surface area (Å²) in [5, 5.41) is 0. The first kappa shape index (κ1) is 14.0. The highest BCUT2D eigenvalue weighted by Gasteiger charge is 2.61. The van der Waals surface area contributed by atoms with Crippen LogP contribution < -0.4 is 9.64 Å². The Kier molecular flexibility index (Phi) is 2.85. The molecule has 6 nitrogen and oxygen atoms in total. The van der Waals surface area contributed by atoms with Crippen LogP contribution in [0, 0.1) is 17.8 Å². The molecule has 5 rings (SSSR count). The molecule has 0 saturated carbocycles. The summed E-state index contributed by atoms with van der Waals surface area (Å²) in [4.78, 5) is 40.7. The minimum atomic E-state index is -0.580. The van der Waals surface area contributed by atoms with Crippen molar-refractivity contribution in [2.75, 3.05) is 19.1 Å². The molecule has 1 aliphatic carbocycles. The molecule has 2 fully saturated rings. The van der Waals surface area contributed by atoms with E-state index < -0.39 is 17.8 Å². The van der Waals surface area contributed by atoms with Crippen LogP contribution in [0.2, 0.25) is 0 Å². The van der Waals surface area contributed by atoms with Crippen LogP contribution >= 0.6 is 0 Å². The van der Waals surface area contributed by atoms with Gasteiger partial charge in [0.1, 0.15) is 5.75 Å². The first-order chi connectivity index (χ1) is 11.0. The largest absolute Gasteiger partial charge is 0.497 e. The Bertz CT molecular complexity index is 739. The zero-order valence-corrected chi connectivity index (χ0v) is 12.8. The fourth-order valence-corrected chi connectivity index (χ4v) is 3.90. The third kappa shape index (κ3) is 1.72. The highest BCUT2D eigenvalue weighted by Crippen LogP contribution is 2.46. The van der Waals surface area contributed by atoms with E-state index in [4.69, 9.17) is 4.74 Å². The van der Waals surface area contributed by atoms with Gasteiger partial charge in [-0.2, -0.15) is 0 Å². The fraction of sp³-hybridized carbons (Fsp3) is 0.353. The zero-order valence-electron chi connectivity index (χ0n) is 12.8. The second kappa shape index (κ2) is 4.68. The third-order valence-electron chi connectivity index (χ3n) is 5.08. The maximum absolute atomic E-state index is 12.8. The second-order valence-corrected chi connectivity index (χ2v) is 6.11. The summed E-state index contributed by atoms with van der Waals surface area (Å²) in [5.74, 6) is -1.55. The Labute approximate surface area is 133 Å². The molecule has 4 aliphatic rings. The topological polar surface area (TPSA) is 66.9 Å². The first-order valence-electron chi connectivity index (χ1n) is 7.51. The average molecular weight is 312 g/mol. The van der Waals surface area contributed by atoms with Gasteiger partial charge < -0.3 is 9.64 Å². The molecule has 0 aromatic heterocycles. The zero-order chi connectivity index (χ0) is 16.3. The lowest BCUT2D eigenvalue weighted by Gasteiger charge is -2.44. The normalized spacial score (nSPS) is 31.8. The van der Waals surface area contributed by atoms with Gasteiger partial charge in [-0.15, -0.1) is 0 Å². The number of methoxy groups -OCH3 is 1. The molecule has 3 heterocycles. The summed E-state index contributed by atoms with van der Waals surface area (Å²) in [6.07, 6.45) is 3.65. The summed E-state index contributed by atoms with van der Waals surface area (Å²) < 4.78 is 5.10.